The van der Waals surface area contributed by atoms with Gasteiger partial charge in [-0.1, -0.05) is 0 Å². The van der Waals surface area contributed by atoms with Crippen molar-refractivity contribution in [3.8, 4) is 5.75 Å². The van der Waals surface area contributed by atoms with Crippen molar-refractivity contribution in [2.75, 3.05) is 17.6 Å². The van der Waals surface area contributed by atoms with E-state index < -0.39 is 10.0 Å². The number of methoxy groups -OCH3 is 1. The standard InChI is InChI=1S/C13H15N3O3S/c1-9-7-11(5-6-15-9)16-20(17,18)13-8-10(14)3-4-12(13)19-2/h3-8H,14H2,1-2H3,(H,15,16). The molecule has 106 valence electrons. The molecule has 1 aromatic carbocycles. The summed E-state index contributed by atoms with van der Waals surface area (Å²) < 4.78 is 32.3. The van der Waals surface area contributed by atoms with Crippen molar-refractivity contribution in [3.05, 3.63) is 42.2 Å². The molecule has 0 amide bonds. The lowest BCUT2D eigenvalue weighted by molar-refractivity contribution is 0.403. The number of aromatic nitrogens is 1. The van der Waals surface area contributed by atoms with Gasteiger partial charge in [-0.15, -0.1) is 0 Å². The third-order valence-corrected chi connectivity index (χ3v) is 4.03. The highest BCUT2D eigenvalue weighted by Gasteiger charge is 2.20. The summed E-state index contributed by atoms with van der Waals surface area (Å²) in [5, 5.41) is 0. The van der Waals surface area contributed by atoms with E-state index in [4.69, 9.17) is 10.5 Å². The molecule has 3 N–H and O–H groups in total. The minimum atomic E-state index is -3.78. The Hall–Kier alpha value is -2.28. The Labute approximate surface area is 117 Å². The summed E-state index contributed by atoms with van der Waals surface area (Å²) in [4.78, 5) is 4.01. The van der Waals surface area contributed by atoms with Crippen LogP contribution in [0, 0.1) is 6.92 Å². The predicted molar refractivity (Wildman–Crippen MR) is 77.2 cm³/mol. The second kappa shape index (κ2) is 5.38. The number of anilines is 2. The smallest absolute Gasteiger partial charge is 0.265 e. The number of pyridine rings is 1. The molecule has 0 bridgehead atoms. The van der Waals surface area contributed by atoms with Crippen LogP contribution in [0.1, 0.15) is 5.69 Å². The second-order valence-electron chi connectivity index (χ2n) is 4.20. The molecule has 20 heavy (non-hydrogen) atoms. The van der Waals surface area contributed by atoms with Crippen LogP contribution >= 0.6 is 0 Å². The first-order valence-corrected chi connectivity index (χ1v) is 7.29. The molecule has 0 fully saturated rings. The fourth-order valence-electron chi connectivity index (χ4n) is 1.72. The number of nitrogen functional groups attached to an aromatic ring is 1. The third kappa shape index (κ3) is 3.00. The first-order chi connectivity index (χ1) is 9.42. The maximum Gasteiger partial charge on any atom is 0.265 e. The highest BCUT2D eigenvalue weighted by Crippen LogP contribution is 2.27. The van der Waals surface area contributed by atoms with Gasteiger partial charge in [-0.3, -0.25) is 9.71 Å². The van der Waals surface area contributed by atoms with Gasteiger partial charge in [0.05, 0.1) is 12.8 Å². The van der Waals surface area contributed by atoms with Crippen molar-refractivity contribution >= 4 is 21.4 Å². The summed E-state index contributed by atoms with van der Waals surface area (Å²) >= 11 is 0. The zero-order chi connectivity index (χ0) is 14.8. The van der Waals surface area contributed by atoms with Gasteiger partial charge in [-0.2, -0.15) is 0 Å². The van der Waals surface area contributed by atoms with E-state index in [1.165, 1.54) is 25.4 Å². The fourth-order valence-corrected chi connectivity index (χ4v) is 2.98. The van der Waals surface area contributed by atoms with Crippen molar-refractivity contribution in [1.82, 2.24) is 4.98 Å². The number of rotatable bonds is 4. The molecule has 2 rings (SSSR count). The van der Waals surface area contributed by atoms with E-state index in [2.05, 4.69) is 9.71 Å². The Balaban J connectivity index is 2.43. The normalized spacial score (nSPS) is 11.1. The molecule has 1 aromatic heterocycles. The van der Waals surface area contributed by atoms with Crippen LogP contribution in [-0.2, 0) is 10.0 Å². The lowest BCUT2D eigenvalue weighted by Gasteiger charge is -2.12. The van der Waals surface area contributed by atoms with Crippen LogP contribution in [0.2, 0.25) is 0 Å². The molecule has 0 aliphatic rings. The average molecular weight is 293 g/mol. The summed E-state index contributed by atoms with van der Waals surface area (Å²) in [5.74, 6) is 0.234. The number of aryl methyl sites for hydroxylation is 1. The first kappa shape index (κ1) is 14.1. The van der Waals surface area contributed by atoms with Crippen LogP contribution in [0.4, 0.5) is 11.4 Å². The molecule has 1 heterocycles. The van der Waals surface area contributed by atoms with Crippen LogP contribution in [0.5, 0.6) is 5.75 Å². The van der Waals surface area contributed by atoms with Crippen LogP contribution in [0.25, 0.3) is 0 Å². The second-order valence-corrected chi connectivity index (χ2v) is 5.85. The molecule has 0 aliphatic heterocycles. The van der Waals surface area contributed by atoms with Crippen LogP contribution in [-0.4, -0.2) is 20.5 Å². The summed E-state index contributed by atoms with van der Waals surface area (Å²) in [5.41, 5.74) is 7.13. The monoisotopic (exact) mass is 293 g/mol. The molecular weight excluding hydrogens is 278 g/mol. The van der Waals surface area contributed by atoms with E-state index in [0.717, 1.165) is 0 Å². The maximum atomic E-state index is 12.4. The van der Waals surface area contributed by atoms with Crippen LogP contribution < -0.4 is 15.2 Å². The molecule has 0 atom stereocenters. The van der Waals surface area contributed by atoms with E-state index in [0.29, 0.717) is 17.1 Å². The molecule has 0 spiro atoms. The average Bonchev–Trinajstić information content (AvgIpc) is 2.38. The zero-order valence-corrected chi connectivity index (χ0v) is 11.9. The highest BCUT2D eigenvalue weighted by molar-refractivity contribution is 7.92. The van der Waals surface area contributed by atoms with Gasteiger partial charge in [0.25, 0.3) is 10.0 Å². The minimum Gasteiger partial charge on any atom is -0.495 e. The topological polar surface area (TPSA) is 94.3 Å². The molecule has 2 aromatic rings. The van der Waals surface area contributed by atoms with E-state index in [9.17, 15) is 8.42 Å². The summed E-state index contributed by atoms with van der Waals surface area (Å²) in [6.45, 7) is 1.78. The largest absolute Gasteiger partial charge is 0.495 e. The van der Waals surface area contributed by atoms with Gasteiger partial charge in [0.15, 0.2) is 0 Å². The Morgan fingerprint density at radius 1 is 1.25 bits per heavy atom. The molecule has 6 nitrogen and oxygen atoms in total. The Kier molecular flexibility index (Phi) is 3.80. The lowest BCUT2D eigenvalue weighted by atomic mass is 10.3. The number of nitrogens with one attached hydrogen (secondary N) is 1. The van der Waals surface area contributed by atoms with E-state index >= 15 is 0 Å². The number of hydrogen-bond donors (Lipinski definition) is 2. The third-order valence-electron chi connectivity index (χ3n) is 2.63. The Morgan fingerprint density at radius 2 is 2.00 bits per heavy atom. The van der Waals surface area contributed by atoms with Gasteiger partial charge in [-0.05, 0) is 37.3 Å². The number of nitrogens with zero attached hydrogens (tertiary/aromatic N) is 1. The Morgan fingerprint density at radius 3 is 2.65 bits per heavy atom. The van der Waals surface area contributed by atoms with Crippen molar-refractivity contribution in [1.29, 1.82) is 0 Å². The Bertz CT molecular complexity index is 729. The molecular formula is C13H15N3O3S. The van der Waals surface area contributed by atoms with Crippen LogP contribution in [0.3, 0.4) is 0 Å². The summed E-state index contributed by atoms with van der Waals surface area (Å²) in [6.07, 6.45) is 1.53. The molecule has 7 heteroatoms. The number of benzene rings is 1. The van der Waals surface area contributed by atoms with E-state index in [-0.39, 0.29) is 10.6 Å². The summed E-state index contributed by atoms with van der Waals surface area (Å²) in [7, 11) is -2.37. The van der Waals surface area contributed by atoms with Gasteiger partial charge in [0.1, 0.15) is 10.6 Å². The van der Waals surface area contributed by atoms with Gasteiger partial charge in [-0.25, -0.2) is 8.42 Å². The predicted octanol–water partition coefficient (Wildman–Crippen LogP) is 1.78. The summed E-state index contributed by atoms with van der Waals surface area (Å²) in [6, 6.07) is 7.66. The number of nitrogens with two attached hydrogens (primary N) is 1. The van der Waals surface area contributed by atoms with Crippen molar-refractivity contribution in [2.45, 2.75) is 11.8 Å². The molecule has 0 saturated carbocycles. The first-order valence-electron chi connectivity index (χ1n) is 5.81. The van der Waals surface area contributed by atoms with Gasteiger partial charge >= 0.3 is 0 Å². The van der Waals surface area contributed by atoms with Gasteiger partial charge < -0.3 is 10.5 Å². The molecule has 0 saturated heterocycles. The fraction of sp³-hybridized carbons (Fsp3) is 0.154. The van der Waals surface area contributed by atoms with E-state index in [1.54, 1.807) is 25.1 Å². The SMILES string of the molecule is COc1ccc(N)cc1S(=O)(=O)Nc1ccnc(C)c1. The van der Waals surface area contributed by atoms with Gasteiger partial charge in [0, 0.05) is 17.6 Å². The minimum absolute atomic E-state index is 0.00512. The van der Waals surface area contributed by atoms with Crippen molar-refractivity contribution in [3.63, 3.8) is 0 Å². The lowest BCUT2D eigenvalue weighted by Crippen LogP contribution is -2.14. The quantitative estimate of drug-likeness (QED) is 0.838. The molecule has 0 unspecified atom stereocenters. The number of hydrogen-bond acceptors (Lipinski definition) is 5. The van der Waals surface area contributed by atoms with Gasteiger partial charge in [0.2, 0.25) is 0 Å². The van der Waals surface area contributed by atoms with Crippen LogP contribution in [0.15, 0.2) is 41.4 Å². The molecule has 0 radical (unpaired) electrons. The zero-order valence-electron chi connectivity index (χ0n) is 11.1. The number of ether oxygens (including phenoxy) is 1. The van der Waals surface area contributed by atoms with Crippen molar-refractivity contribution < 1.29 is 13.2 Å². The van der Waals surface area contributed by atoms with Crippen molar-refractivity contribution in [2.24, 2.45) is 0 Å². The number of sulfonamides is 1. The molecule has 0 aliphatic carbocycles. The highest BCUT2D eigenvalue weighted by atomic mass is 32.2. The maximum absolute atomic E-state index is 12.4. The van der Waals surface area contributed by atoms with E-state index in [1.807, 2.05) is 0 Å².